The first-order valence-electron chi connectivity index (χ1n) is 9.40. The molecule has 5 nitrogen and oxygen atoms in total. The van der Waals surface area contributed by atoms with Crippen molar-refractivity contribution in [2.75, 3.05) is 13.2 Å². The van der Waals surface area contributed by atoms with E-state index in [9.17, 15) is 9.59 Å². The van der Waals surface area contributed by atoms with E-state index >= 15 is 0 Å². The van der Waals surface area contributed by atoms with Crippen LogP contribution in [0, 0.1) is 5.92 Å². The lowest BCUT2D eigenvalue weighted by Crippen LogP contribution is -2.35. The van der Waals surface area contributed by atoms with Crippen LogP contribution in [0.2, 0.25) is 0 Å². The summed E-state index contributed by atoms with van der Waals surface area (Å²) in [6.45, 7) is 2.52. The quantitative estimate of drug-likeness (QED) is 0.816. The zero-order valence-electron chi connectivity index (χ0n) is 15.3. The second kappa shape index (κ2) is 7.72. The van der Waals surface area contributed by atoms with Gasteiger partial charge in [-0.3, -0.25) is 4.79 Å². The molecule has 0 bridgehead atoms. The first kappa shape index (κ1) is 18.0. The lowest BCUT2D eigenvalue weighted by Gasteiger charge is -2.26. The Morgan fingerprint density at radius 3 is 3.04 bits per heavy atom. The largest absolute Gasteiger partial charge is 0.493 e. The molecule has 0 radical (unpaired) electrons. The summed E-state index contributed by atoms with van der Waals surface area (Å²) in [5.41, 5.74) is 2.22. The van der Waals surface area contributed by atoms with Crippen LogP contribution in [-0.2, 0) is 22.4 Å². The summed E-state index contributed by atoms with van der Waals surface area (Å²) in [4.78, 5) is 26.5. The third-order valence-electron chi connectivity index (χ3n) is 5.16. The molecule has 0 fully saturated rings. The zero-order chi connectivity index (χ0) is 18.8. The van der Waals surface area contributed by atoms with Crippen LogP contribution in [0.15, 0.2) is 30.3 Å². The number of rotatable bonds is 4. The maximum absolute atomic E-state index is 12.3. The zero-order valence-corrected chi connectivity index (χ0v) is 16.1. The van der Waals surface area contributed by atoms with Crippen LogP contribution in [0.1, 0.15) is 51.5 Å². The molecule has 0 saturated carbocycles. The molecule has 1 amide bonds. The van der Waals surface area contributed by atoms with Gasteiger partial charge in [0.15, 0.2) is 6.61 Å². The van der Waals surface area contributed by atoms with Crippen molar-refractivity contribution < 1.29 is 19.1 Å². The molecule has 0 spiro atoms. The lowest BCUT2D eigenvalue weighted by molar-refractivity contribution is -0.125. The lowest BCUT2D eigenvalue weighted by atomic mass is 9.90. The number of ether oxygens (including phenoxy) is 2. The van der Waals surface area contributed by atoms with Gasteiger partial charge in [0.1, 0.15) is 10.6 Å². The van der Waals surface area contributed by atoms with Gasteiger partial charge in [0, 0.05) is 16.9 Å². The Kier molecular flexibility index (Phi) is 5.16. The molecule has 6 heteroatoms. The Bertz CT molecular complexity index is 860. The molecule has 1 aliphatic carbocycles. The molecule has 2 atom stereocenters. The third-order valence-corrected chi connectivity index (χ3v) is 6.38. The standard InChI is InChI=1S/C21H23NO4S/c1-13-6-7-18-14(10-13)11-19(27-18)21(24)26-12-20(23)22-16-8-9-25-17-5-3-2-4-15(16)17/h2-5,11,13,16H,6-10,12H2,1H3,(H,22,23). The summed E-state index contributed by atoms with van der Waals surface area (Å²) in [6, 6.07) is 9.50. The number of fused-ring (bicyclic) bond motifs is 2. The Morgan fingerprint density at radius 2 is 2.15 bits per heavy atom. The number of aryl methyl sites for hydroxylation is 1. The highest BCUT2D eigenvalue weighted by molar-refractivity contribution is 7.14. The molecule has 0 saturated heterocycles. The molecule has 1 aliphatic heterocycles. The van der Waals surface area contributed by atoms with E-state index in [0.717, 1.165) is 30.6 Å². The van der Waals surface area contributed by atoms with Gasteiger partial charge in [0.05, 0.1) is 12.6 Å². The summed E-state index contributed by atoms with van der Waals surface area (Å²) in [6.07, 6.45) is 3.91. The monoisotopic (exact) mass is 385 g/mol. The van der Waals surface area contributed by atoms with E-state index in [0.29, 0.717) is 23.8 Å². The minimum Gasteiger partial charge on any atom is -0.493 e. The highest BCUT2D eigenvalue weighted by atomic mass is 32.1. The van der Waals surface area contributed by atoms with Gasteiger partial charge in [-0.15, -0.1) is 11.3 Å². The molecule has 2 unspecified atom stereocenters. The average molecular weight is 385 g/mol. The van der Waals surface area contributed by atoms with Crippen LogP contribution >= 0.6 is 11.3 Å². The van der Waals surface area contributed by atoms with Crippen LogP contribution in [0.4, 0.5) is 0 Å². The van der Waals surface area contributed by atoms with Crippen LogP contribution in [0.5, 0.6) is 5.75 Å². The highest BCUT2D eigenvalue weighted by Crippen LogP contribution is 2.33. The number of thiophene rings is 1. The molecule has 2 aromatic rings. The van der Waals surface area contributed by atoms with Crippen molar-refractivity contribution in [2.45, 2.75) is 38.6 Å². The average Bonchev–Trinajstić information content (AvgIpc) is 3.09. The fourth-order valence-electron chi connectivity index (χ4n) is 3.74. The van der Waals surface area contributed by atoms with Crippen molar-refractivity contribution in [2.24, 2.45) is 5.92 Å². The van der Waals surface area contributed by atoms with Gasteiger partial charge in [0.25, 0.3) is 5.91 Å². The predicted octanol–water partition coefficient (Wildman–Crippen LogP) is 3.67. The van der Waals surface area contributed by atoms with Gasteiger partial charge in [-0.1, -0.05) is 25.1 Å². The second-order valence-electron chi connectivity index (χ2n) is 7.28. The van der Waals surface area contributed by atoms with E-state index in [2.05, 4.69) is 12.2 Å². The SMILES string of the molecule is CC1CCc2sc(C(=O)OCC(=O)NC3CCOc4ccccc43)cc2C1. The summed E-state index contributed by atoms with van der Waals surface area (Å²) < 4.78 is 10.9. The molecule has 2 aliphatic rings. The molecule has 2 heterocycles. The van der Waals surface area contributed by atoms with Crippen LogP contribution in [0.25, 0.3) is 0 Å². The number of nitrogens with one attached hydrogen (secondary N) is 1. The summed E-state index contributed by atoms with van der Waals surface area (Å²) in [5, 5.41) is 2.94. The van der Waals surface area contributed by atoms with E-state index < -0.39 is 5.97 Å². The van der Waals surface area contributed by atoms with Crippen LogP contribution in [0.3, 0.4) is 0 Å². The third kappa shape index (κ3) is 4.00. The number of carbonyl (C=O) groups excluding carboxylic acids is 2. The van der Waals surface area contributed by atoms with Gasteiger partial charge in [-0.25, -0.2) is 4.79 Å². The molecule has 27 heavy (non-hydrogen) atoms. The van der Waals surface area contributed by atoms with Gasteiger partial charge < -0.3 is 14.8 Å². The number of hydrogen-bond donors (Lipinski definition) is 1. The normalized spacial score (nSPS) is 20.8. The molecular weight excluding hydrogens is 362 g/mol. The Hall–Kier alpha value is -2.34. The Balaban J connectivity index is 1.33. The van der Waals surface area contributed by atoms with Crippen molar-refractivity contribution in [3.8, 4) is 5.75 Å². The minimum atomic E-state index is -0.412. The van der Waals surface area contributed by atoms with Gasteiger partial charge >= 0.3 is 5.97 Å². The molecule has 4 rings (SSSR count). The number of esters is 1. The number of carbonyl (C=O) groups is 2. The maximum atomic E-state index is 12.3. The van der Waals surface area contributed by atoms with Crippen LogP contribution < -0.4 is 10.1 Å². The van der Waals surface area contributed by atoms with Crippen molar-refractivity contribution in [1.29, 1.82) is 0 Å². The van der Waals surface area contributed by atoms with Gasteiger partial charge in [-0.05, 0) is 42.9 Å². The molecule has 1 aromatic carbocycles. The second-order valence-corrected chi connectivity index (χ2v) is 8.41. The van der Waals surface area contributed by atoms with Gasteiger partial charge in [0.2, 0.25) is 0 Å². The number of para-hydroxylation sites is 1. The van der Waals surface area contributed by atoms with E-state index in [1.165, 1.54) is 21.8 Å². The fraction of sp³-hybridized carbons (Fsp3) is 0.429. The first-order chi connectivity index (χ1) is 13.1. The Labute approximate surface area is 162 Å². The van der Waals surface area contributed by atoms with E-state index in [-0.39, 0.29) is 18.6 Å². The first-order valence-corrected chi connectivity index (χ1v) is 10.2. The van der Waals surface area contributed by atoms with Gasteiger partial charge in [-0.2, -0.15) is 0 Å². The number of amides is 1. The van der Waals surface area contributed by atoms with Crippen molar-refractivity contribution in [3.05, 3.63) is 51.2 Å². The maximum Gasteiger partial charge on any atom is 0.348 e. The van der Waals surface area contributed by atoms with E-state index in [1.807, 2.05) is 30.3 Å². The van der Waals surface area contributed by atoms with E-state index in [4.69, 9.17) is 9.47 Å². The highest BCUT2D eigenvalue weighted by Gasteiger charge is 2.24. The van der Waals surface area contributed by atoms with Crippen molar-refractivity contribution in [1.82, 2.24) is 5.32 Å². The van der Waals surface area contributed by atoms with E-state index in [1.54, 1.807) is 0 Å². The molecule has 1 N–H and O–H groups in total. The van der Waals surface area contributed by atoms with Crippen LogP contribution in [-0.4, -0.2) is 25.1 Å². The fourth-order valence-corrected chi connectivity index (χ4v) is 4.84. The Morgan fingerprint density at radius 1 is 1.30 bits per heavy atom. The molecule has 1 aromatic heterocycles. The number of benzene rings is 1. The van der Waals surface area contributed by atoms with Crippen molar-refractivity contribution >= 4 is 23.2 Å². The predicted molar refractivity (Wildman–Crippen MR) is 103 cm³/mol. The minimum absolute atomic E-state index is 0.114. The molecule has 142 valence electrons. The molecular formula is C21H23NO4S. The number of hydrogen-bond acceptors (Lipinski definition) is 5. The summed E-state index contributed by atoms with van der Waals surface area (Å²) in [7, 11) is 0. The van der Waals surface area contributed by atoms with Crippen molar-refractivity contribution in [3.63, 3.8) is 0 Å². The topological polar surface area (TPSA) is 64.6 Å². The smallest absolute Gasteiger partial charge is 0.348 e. The summed E-state index contributed by atoms with van der Waals surface area (Å²) >= 11 is 1.50. The summed E-state index contributed by atoms with van der Waals surface area (Å²) in [5.74, 6) is 0.748.